The molecule has 0 bridgehead atoms. The first-order valence-electron chi connectivity index (χ1n) is 6.00. The summed E-state index contributed by atoms with van der Waals surface area (Å²) in [6.45, 7) is 1.96. The van der Waals surface area contributed by atoms with Crippen molar-refractivity contribution in [2.45, 2.75) is 19.1 Å². The standard InChI is InChI=1S/C15H15BrINO/c1-10(18)15(11-5-4-6-12(16)9-11)19-14-8-3-2-7-13(14)17/h2-10,15H,18H2,1H3. The Morgan fingerprint density at radius 3 is 2.53 bits per heavy atom. The van der Waals surface area contributed by atoms with E-state index >= 15 is 0 Å². The van der Waals surface area contributed by atoms with Crippen LogP contribution < -0.4 is 10.5 Å². The molecule has 4 heteroatoms. The Balaban J connectivity index is 2.29. The van der Waals surface area contributed by atoms with Crippen molar-refractivity contribution in [3.8, 4) is 5.75 Å². The zero-order chi connectivity index (χ0) is 13.8. The third kappa shape index (κ3) is 3.94. The van der Waals surface area contributed by atoms with Gasteiger partial charge < -0.3 is 10.5 Å². The molecule has 2 aromatic carbocycles. The molecule has 2 unspecified atom stereocenters. The number of nitrogens with two attached hydrogens (primary N) is 1. The van der Waals surface area contributed by atoms with Crippen molar-refractivity contribution >= 4 is 38.5 Å². The number of para-hydroxylation sites is 1. The first kappa shape index (κ1) is 14.8. The van der Waals surface area contributed by atoms with E-state index in [1.165, 1.54) is 0 Å². The fourth-order valence-electron chi connectivity index (χ4n) is 1.84. The molecule has 0 radical (unpaired) electrons. The molecule has 0 saturated heterocycles. The second kappa shape index (κ2) is 6.72. The highest BCUT2D eigenvalue weighted by molar-refractivity contribution is 14.1. The van der Waals surface area contributed by atoms with E-state index in [4.69, 9.17) is 10.5 Å². The Bertz CT molecular complexity index is 559. The van der Waals surface area contributed by atoms with E-state index < -0.39 is 0 Å². The lowest BCUT2D eigenvalue weighted by molar-refractivity contribution is 0.179. The predicted octanol–water partition coefficient (Wildman–Crippen LogP) is 4.52. The third-order valence-electron chi connectivity index (χ3n) is 2.75. The molecule has 0 fully saturated rings. The van der Waals surface area contributed by atoms with Gasteiger partial charge in [-0.25, -0.2) is 0 Å². The van der Waals surface area contributed by atoms with Gasteiger partial charge >= 0.3 is 0 Å². The van der Waals surface area contributed by atoms with Gasteiger partial charge in [-0.3, -0.25) is 0 Å². The minimum absolute atomic E-state index is 0.0923. The summed E-state index contributed by atoms with van der Waals surface area (Å²) in [7, 11) is 0. The molecule has 0 amide bonds. The van der Waals surface area contributed by atoms with Gasteiger partial charge in [0.05, 0.1) is 3.57 Å². The molecule has 2 N–H and O–H groups in total. The van der Waals surface area contributed by atoms with E-state index in [2.05, 4.69) is 38.5 Å². The molecular weight excluding hydrogens is 417 g/mol. The van der Waals surface area contributed by atoms with Crippen molar-refractivity contribution in [1.82, 2.24) is 0 Å². The topological polar surface area (TPSA) is 35.2 Å². The van der Waals surface area contributed by atoms with Gasteiger partial charge in [0.1, 0.15) is 11.9 Å². The third-order valence-corrected chi connectivity index (χ3v) is 4.13. The van der Waals surface area contributed by atoms with Crippen molar-refractivity contribution in [3.63, 3.8) is 0 Å². The molecule has 2 atom stereocenters. The quantitative estimate of drug-likeness (QED) is 0.722. The monoisotopic (exact) mass is 431 g/mol. The highest BCUT2D eigenvalue weighted by Gasteiger charge is 2.19. The normalized spacial score (nSPS) is 13.9. The molecule has 19 heavy (non-hydrogen) atoms. The van der Waals surface area contributed by atoms with E-state index in [-0.39, 0.29) is 12.1 Å². The van der Waals surface area contributed by atoms with Crippen LogP contribution in [0.4, 0.5) is 0 Å². The van der Waals surface area contributed by atoms with E-state index in [0.717, 1.165) is 19.4 Å². The van der Waals surface area contributed by atoms with Gasteiger partial charge in [0.25, 0.3) is 0 Å². The molecule has 2 rings (SSSR count). The Kier molecular flexibility index (Phi) is 5.24. The molecule has 0 saturated carbocycles. The number of ether oxygens (including phenoxy) is 1. The lowest BCUT2D eigenvalue weighted by Gasteiger charge is -2.23. The van der Waals surface area contributed by atoms with Gasteiger partial charge in [0.15, 0.2) is 0 Å². The largest absolute Gasteiger partial charge is 0.483 e. The van der Waals surface area contributed by atoms with Crippen molar-refractivity contribution in [2.75, 3.05) is 0 Å². The average molecular weight is 432 g/mol. The lowest BCUT2D eigenvalue weighted by Crippen LogP contribution is -2.29. The highest BCUT2D eigenvalue weighted by Crippen LogP contribution is 2.29. The molecule has 2 aromatic rings. The molecular formula is C15H15BrINO. The first-order valence-corrected chi connectivity index (χ1v) is 7.87. The second-order valence-electron chi connectivity index (χ2n) is 4.38. The van der Waals surface area contributed by atoms with Crippen LogP contribution in [-0.4, -0.2) is 6.04 Å². The number of halogens is 2. The summed E-state index contributed by atoms with van der Waals surface area (Å²) in [6, 6.07) is 15.9. The Labute approximate surface area is 135 Å². The molecule has 0 spiro atoms. The second-order valence-corrected chi connectivity index (χ2v) is 6.46. The molecule has 0 aliphatic carbocycles. The fourth-order valence-corrected chi connectivity index (χ4v) is 2.77. The van der Waals surface area contributed by atoms with Crippen molar-refractivity contribution < 1.29 is 4.74 Å². The van der Waals surface area contributed by atoms with Gasteiger partial charge in [-0.05, 0) is 59.3 Å². The van der Waals surface area contributed by atoms with Crippen LogP contribution in [0, 0.1) is 3.57 Å². The molecule has 100 valence electrons. The van der Waals surface area contributed by atoms with Gasteiger partial charge in [0.2, 0.25) is 0 Å². The average Bonchev–Trinajstić information content (AvgIpc) is 2.37. The van der Waals surface area contributed by atoms with Crippen LogP contribution in [0.1, 0.15) is 18.6 Å². The Hall–Kier alpha value is -0.590. The zero-order valence-electron chi connectivity index (χ0n) is 10.5. The summed E-state index contributed by atoms with van der Waals surface area (Å²) in [5.74, 6) is 0.866. The summed E-state index contributed by atoms with van der Waals surface area (Å²) in [5.41, 5.74) is 7.15. The SMILES string of the molecule is CC(N)C(Oc1ccccc1I)c1cccc(Br)c1. The van der Waals surface area contributed by atoms with E-state index in [1.807, 2.05) is 55.5 Å². The summed E-state index contributed by atoms with van der Waals surface area (Å²) >= 11 is 5.75. The number of hydrogen-bond donors (Lipinski definition) is 1. The van der Waals surface area contributed by atoms with Gasteiger partial charge in [-0.2, -0.15) is 0 Å². The van der Waals surface area contributed by atoms with Crippen LogP contribution in [-0.2, 0) is 0 Å². The summed E-state index contributed by atoms with van der Waals surface area (Å²) in [6.07, 6.45) is -0.159. The number of benzene rings is 2. The van der Waals surface area contributed by atoms with E-state index in [0.29, 0.717) is 0 Å². The maximum atomic E-state index is 6.09. The minimum atomic E-state index is -0.159. The molecule has 0 aromatic heterocycles. The summed E-state index contributed by atoms with van der Waals surface area (Å²) in [5, 5.41) is 0. The van der Waals surface area contributed by atoms with E-state index in [9.17, 15) is 0 Å². The van der Waals surface area contributed by atoms with Gasteiger partial charge in [-0.15, -0.1) is 0 Å². The van der Waals surface area contributed by atoms with Crippen LogP contribution in [0.2, 0.25) is 0 Å². The van der Waals surface area contributed by atoms with Gasteiger partial charge in [0, 0.05) is 10.5 Å². The zero-order valence-corrected chi connectivity index (χ0v) is 14.3. The summed E-state index contributed by atoms with van der Waals surface area (Å²) < 4.78 is 8.21. The highest BCUT2D eigenvalue weighted by atomic mass is 127. The van der Waals surface area contributed by atoms with Crippen LogP contribution in [0.3, 0.4) is 0 Å². The minimum Gasteiger partial charge on any atom is -0.483 e. The van der Waals surface area contributed by atoms with Crippen LogP contribution in [0.15, 0.2) is 53.0 Å². The van der Waals surface area contributed by atoms with Crippen LogP contribution in [0.5, 0.6) is 5.75 Å². The number of rotatable bonds is 4. The molecule has 2 nitrogen and oxygen atoms in total. The maximum absolute atomic E-state index is 6.09. The first-order chi connectivity index (χ1) is 9.08. The van der Waals surface area contributed by atoms with Crippen LogP contribution in [0.25, 0.3) is 0 Å². The van der Waals surface area contributed by atoms with Crippen LogP contribution >= 0.6 is 38.5 Å². The van der Waals surface area contributed by atoms with Crippen molar-refractivity contribution in [3.05, 3.63) is 62.1 Å². The lowest BCUT2D eigenvalue weighted by atomic mass is 10.0. The molecule has 0 heterocycles. The Morgan fingerprint density at radius 1 is 1.16 bits per heavy atom. The fraction of sp³-hybridized carbons (Fsp3) is 0.200. The summed E-state index contributed by atoms with van der Waals surface area (Å²) in [4.78, 5) is 0. The van der Waals surface area contributed by atoms with Gasteiger partial charge in [-0.1, -0.05) is 40.2 Å². The maximum Gasteiger partial charge on any atom is 0.139 e. The molecule has 0 aliphatic rings. The smallest absolute Gasteiger partial charge is 0.139 e. The Morgan fingerprint density at radius 2 is 1.89 bits per heavy atom. The molecule has 0 aliphatic heterocycles. The number of hydrogen-bond acceptors (Lipinski definition) is 2. The van der Waals surface area contributed by atoms with Crippen molar-refractivity contribution in [2.24, 2.45) is 5.73 Å². The predicted molar refractivity (Wildman–Crippen MR) is 90.3 cm³/mol. The van der Waals surface area contributed by atoms with Crippen molar-refractivity contribution in [1.29, 1.82) is 0 Å². The van der Waals surface area contributed by atoms with E-state index in [1.54, 1.807) is 0 Å².